The number of para-hydroxylation sites is 1. The maximum Gasteiger partial charge on any atom is 0.339 e. The quantitative estimate of drug-likeness (QED) is 0.786. The molecule has 130 valence electrons. The summed E-state index contributed by atoms with van der Waals surface area (Å²) in [6.45, 7) is -0.0804. The molecule has 0 fully saturated rings. The summed E-state index contributed by atoms with van der Waals surface area (Å²) in [5.74, 6) is -1.29. The number of hydrogen-bond donors (Lipinski definition) is 2. The molecule has 0 aliphatic rings. The third-order valence-electron chi connectivity index (χ3n) is 3.26. The Bertz CT molecular complexity index is 789. The largest absolute Gasteiger partial charge is 0.465 e. The summed E-state index contributed by atoms with van der Waals surface area (Å²) in [5, 5.41) is 5.29. The van der Waals surface area contributed by atoms with Crippen LogP contribution in [-0.2, 0) is 14.3 Å². The molecule has 25 heavy (non-hydrogen) atoms. The van der Waals surface area contributed by atoms with Crippen molar-refractivity contribution in [1.29, 1.82) is 0 Å². The number of carbonyl (C=O) groups excluding carboxylic acids is 3. The minimum absolute atomic E-state index is 0.0804. The highest BCUT2D eigenvalue weighted by Crippen LogP contribution is 2.18. The van der Waals surface area contributed by atoms with Gasteiger partial charge in [0.05, 0.1) is 18.4 Å². The van der Waals surface area contributed by atoms with Crippen LogP contribution >= 0.6 is 0 Å². The summed E-state index contributed by atoms with van der Waals surface area (Å²) in [7, 11) is 2.69. The standard InChI is InChI=1S/C18H18N2O5/c1-24-11-16(21)19-13-7-5-6-12(10-13)17(22)20-15-9-4-3-8-14(15)18(23)25-2/h3-10H,11H2,1-2H3,(H,19,21)(H,20,22). The fourth-order valence-electron chi connectivity index (χ4n) is 2.14. The van der Waals surface area contributed by atoms with Crippen molar-refractivity contribution in [2.45, 2.75) is 0 Å². The van der Waals surface area contributed by atoms with Crippen molar-refractivity contribution in [3.05, 3.63) is 59.7 Å². The summed E-state index contributed by atoms with van der Waals surface area (Å²) in [6.07, 6.45) is 0. The van der Waals surface area contributed by atoms with Crippen molar-refractivity contribution in [3.63, 3.8) is 0 Å². The van der Waals surface area contributed by atoms with E-state index in [4.69, 9.17) is 9.47 Å². The lowest BCUT2D eigenvalue weighted by Gasteiger charge is -2.11. The zero-order chi connectivity index (χ0) is 18.2. The minimum Gasteiger partial charge on any atom is -0.465 e. The van der Waals surface area contributed by atoms with Gasteiger partial charge in [0.2, 0.25) is 5.91 Å². The molecule has 2 rings (SSSR count). The van der Waals surface area contributed by atoms with E-state index in [1.807, 2.05) is 0 Å². The Labute approximate surface area is 144 Å². The van der Waals surface area contributed by atoms with Crippen molar-refractivity contribution in [2.75, 3.05) is 31.5 Å². The Morgan fingerprint density at radius 1 is 0.960 bits per heavy atom. The Balaban J connectivity index is 2.17. The van der Waals surface area contributed by atoms with Crippen molar-refractivity contribution in [1.82, 2.24) is 0 Å². The van der Waals surface area contributed by atoms with E-state index in [1.165, 1.54) is 20.3 Å². The summed E-state index contributed by atoms with van der Waals surface area (Å²) in [4.78, 5) is 35.7. The summed E-state index contributed by atoms with van der Waals surface area (Å²) in [5.41, 5.74) is 1.39. The topological polar surface area (TPSA) is 93.7 Å². The van der Waals surface area contributed by atoms with E-state index >= 15 is 0 Å². The molecule has 2 aromatic rings. The Morgan fingerprint density at radius 3 is 2.44 bits per heavy atom. The number of ether oxygens (including phenoxy) is 2. The molecule has 0 saturated carbocycles. The molecule has 0 radical (unpaired) electrons. The van der Waals surface area contributed by atoms with Gasteiger partial charge in [0.1, 0.15) is 6.61 Å². The van der Waals surface area contributed by atoms with Gasteiger partial charge in [-0.05, 0) is 30.3 Å². The number of carbonyl (C=O) groups is 3. The normalized spacial score (nSPS) is 10.0. The van der Waals surface area contributed by atoms with Crippen LogP contribution < -0.4 is 10.6 Å². The predicted molar refractivity (Wildman–Crippen MR) is 92.7 cm³/mol. The van der Waals surface area contributed by atoms with Gasteiger partial charge in [-0.2, -0.15) is 0 Å². The summed E-state index contributed by atoms with van der Waals surface area (Å²) < 4.78 is 9.44. The van der Waals surface area contributed by atoms with Gasteiger partial charge in [0.25, 0.3) is 5.91 Å². The number of anilines is 2. The predicted octanol–water partition coefficient (Wildman–Crippen LogP) is 2.31. The lowest BCUT2D eigenvalue weighted by atomic mass is 10.1. The summed E-state index contributed by atoms with van der Waals surface area (Å²) >= 11 is 0. The smallest absolute Gasteiger partial charge is 0.339 e. The van der Waals surface area contributed by atoms with E-state index in [2.05, 4.69) is 10.6 Å². The lowest BCUT2D eigenvalue weighted by Crippen LogP contribution is -2.18. The first kappa shape index (κ1) is 18.2. The number of hydrogen-bond acceptors (Lipinski definition) is 5. The number of rotatable bonds is 6. The van der Waals surface area contributed by atoms with Gasteiger partial charge in [-0.1, -0.05) is 18.2 Å². The maximum absolute atomic E-state index is 12.4. The molecule has 0 spiro atoms. The molecular formula is C18H18N2O5. The van der Waals surface area contributed by atoms with Crippen LogP contribution in [0.5, 0.6) is 0 Å². The number of amides is 2. The van der Waals surface area contributed by atoms with E-state index < -0.39 is 11.9 Å². The van der Waals surface area contributed by atoms with Crippen LogP contribution in [0.1, 0.15) is 20.7 Å². The third-order valence-corrected chi connectivity index (χ3v) is 3.26. The molecule has 7 nitrogen and oxygen atoms in total. The van der Waals surface area contributed by atoms with Gasteiger partial charge in [-0.25, -0.2) is 4.79 Å². The van der Waals surface area contributed by atoms with Crippen LogP contribution in [0.25, 0.3) is 0 Å². The van der Waals surface area contributed by atoms with Crippen molar-refractivity contribution >= 4 is 29.2 Å². The number of benzene rings is 2. The molecule has 0 atom stereocenters. The monoisotopic (exact) mass is 342 g/mol. The van der Waals surface area contributed by atoms with Crippen LogP contribution in [0.15, 0.2) is 48.5 Å². The van der Waals surface area contributed by atoms with E-state index in [-0.39, 0.29) is 18.1 Å². The van der Waals surface area contributed by atoms with Gasteiger partial charge in [0, 0.05) is 18.4 Å². The average Bonchev–Trinajstić information content (AvgIpc) is 2.62. The van der Waals surface area contributed by atoms with Crippen LogP contribution in [0.3, 0.4) is 0 Å². The van der Waals surface area contributed by atoms with Gasteiger partial charge < -0.3 is 20.1 Å². The van der Waals surface area contributed by atoms with E-state index in [0.717, 1.165) is 0 Å². The Morgan fingerprint density at radius 2 is 1.72 bits per heavy atom. The van der Waals surface area contributed by atoms with E-state index in [1.54, 1.807) is 42.5 Å². The van der Waals surface area contributed by atoms with Gasteiger partial charge in [-0.15, -0.1) is 0 Å². The van der Waals surface area contributed by atoms with Crippen molar-refractivity contribution < 1.29 is 23.9 Å². The molecule has 2 amide bonds. The van der Waals surface area contributed by atoms with Gasteiger partial charge in [-0.3, -0.25) is 9.59 Å². The molecule has 2 aromatic carbocycles. The molecule has 7 heteroatoms. The first-order valence-electron chi connectivity index (χ1n) is 7.42. The molecule has 0 aliphatic heterocycles. The maximum atomic E-state index is 12.4. The highest BCUT2D eigenvalue weighted by molar-refractivity contribution is 6.08. The fourth-order valence-corrected chi connectivity index (χ4v) is 2.14. The lowest BCUT2D eigenvalue weighted by molar-refractivity contribution is -0.119. The molecule has 0 saturated heterocycles. The molecule has 2 N–H and O–H groups in total. The third kappa shape index (κ3) is 4.89. The highest BCUT2D eigenvalue weighted by Gasteiger charge is 2.14. The highest BCUT2D eigenvalue weighted by atomic mass is 16.5. The first-order chi connectivity index (χ1) is 12.0. The SMILES string of the molecule is COCC(=O)Nc1cccc(C(=O)Nc2ccccc2C(=O)OC)c1. The Kier molecular flexibility index (Phi) is 6.25. The molecule has 0 heterocycles. The number of nitrogens with one attached hydrogen (secondary N) is 2. The second-order valence-corrected chi connectivity index (χ2v) is 5.05. The van der Waals surface area contributed by atoms with Crippen LogP contribution in [-0.4, -0.2) is 38.6 Å². The zero-order valence-corrected chi connectivity index (χ0v) is 13.9. The minimum atomic E-state index is -0.545. The van der Waals surface area contributed by atoms with E-state index in [0.29, 0.717) is 16.9 Å². The zero-order valence-electron chi connectivity index (χ0n) is 13.9. The average molecular weight is 342 g/mol. The van der Waals surface area contributed by atoms with Crippen molar-refractivity contribution in [3.8, 4) is 0 Å². The molecule has 0 unspecified atom stereocenters. The number of esters is 1. The molecular weight excluding hydrogens is 324 g/mol. The second-order valence-electron chi connectivity index (χ2n) is 5.05. The molecule has 0 aliphatic carbocycles. The van der Waals surface area contributed by atoms with Crippen molar-refractivity contribution in [2.24, 2.45) is 0 Å². The second kappa shape index (κ2) is 8.60. The first-order valence-corrected chi connectivity index (χ1v) is 7.42. The van der Waals surface area contributed by atoms with Crippen LogP contribution in [0.4, 0.5) is 11.4 Å². The molecule has 0 bridgehead atoms. The molecule has 0 aromatic heterocycles. The fraction of sp³-hybridized carbons (Fsp3) is 0.167. The Hall–Kier alpha value is -3.19. The van der Waals surface area contributed by atoms with Crippen LogP contribution in [0.2, 0.25) is 0 Å². The number of methoxy groups -OCH3 is 2. The van der Waals surface area contributed by atoms with Gasteiger partial charge in [0.15, 0.2) is 0 Å². The van der Waals surface area contributed by atoms with Crippen LogP contribution in [0, 0.1) is 0 Å². The summed E-state index contributed by atoms with van der Waals surface area (Å²) in [6, 6.07) is 13.0. The van der Waals surface area contributed by atoms with E-state index in [9.17, 15) is 14.4 Å². The van der Waals surface area contributed by atoms with Gasteiger partial charge >= 0.3 is 5.97 Å².